The van der Waals surface area contributed by atoms with Crippen molar-refractivity contribution in [3.8, 4) is 11.5 Å². The van der Waals surface area contributed by atoms with E-state index in [0.29, 0.717) is 11.5 Å². The van der Waals surface area contributed by atoms with Crippen molar-refractivity contribution in [2.75, 3.05) is 12.8 Å². The van der Waals surface area contributed by atoms with E-state index in [1.165, 1.54) is 17.0 Å². The Balaban J connectivity index is 2.16. The second-order valence-electron chi connectivity index (χ2n) is 3.92. The second-order valence-corrected chi connectivity index (χ2v) is 5.76. The largest absolute Gasteiger partial charge is 0.463 e. The minimum atomic E-state index is -3.27. The fourth-order valence-corrected chi connectivity index (χ4v) is 1.96. The monoisotopic (exact) mass is 283 g/mol. The van der Waals surface area contributed by atoms with Crippen LogP contribution in [0.3, 0.4) is 0 Å². The second kappa shape index (κ2) is 5.37. The van der Waals surface area contributed by atoms with Crippen LogP contribution in [0.2, 0.25) is 0 Å². The van der Waals surface area contributed by atoms with Gasteiger partial charge in [0.2, 0.25) is 10.0 Å². The van der Waals surface area contributed by atoms with Crippen molar-refractivity contribution in [2.45, 2.75) is 6.54 Å². The Kier molecular flexibility index (Phi) is 3.82. The van der Waals surface area contributed by atoms with Gasteiger partial charge >= 0.3 is 0 Å². The molecule has 2 aromatic heterocycles. The maximum absolute atomic E-state index is 11.6. The Morgan fingerprint density at radius 1 is 1.37 bits per heavy atom. The number of aromatic nitrogens is 2. The molecule has 0 aliphatic carbocycles. The zero-order valence-corrected chi connectivity index (χ0v) is 11.1. The van der Waals surface area contributed by atoms with Crippen molar-refractivity contribution in [2.24, 2.45) is 0 Å². The molecule has 0 aliphatic heterocycles. The highest BCUT2D eigenvalue weighted by Gasteiger charge is 2.06. The van der Waals surface area contributed by atoms with Crippen LogP contribution < -0.4 is 10.3 Å². The minimum absolute atomic E-state index is 0.105. The number of furan rings is 1. The topological polar surface area (TPSA) is 94.2 Å². The third kappa shape index (κ3) is 3.76. The van der Waals surface area contributed by atoms with Crippen molar-refractivity contribution in [1.82, 2.24) is 14.5 Å². The summed E-state index contributed by atoms with van der Waals surface area (Å²) in [4.78, 5) is 11.6. The summed E-state index contributed by atoms with van der Waals surface area (Å²) >= 11 is 0. The number of sulfonamides is 1. The SMILES string of the molecule is CS(=O)(=O)NCCn1nc(-c2ccco2)ccc1=O. The molecular formula is C11H13N3O4S. The van der Waals surface area contributed by atoms with E-state index < -0.39 is 10.0 Å². The Labute approximate surface area is 109 Å². The maximum Gasteiger partial charge on any atom is 0.266 e. The minimum Gasteiger partial charge on any atom is -0.463 e. The summed E-state index contributed by atoms with van der Waals surface area (Å²) in [5, 5.41) is 4.11. The fourth-order valence-electron chi connectivity index (χ4n) is 1.50. The molecule has 0 spiro atoms. The maximum atomic E-state index is 11.6. The van der Waals surface area contributed by atoms with E-state index in [-0.39, 0.29) is 18.6 Å². The molecule has 0 aliphatic rings. The highest BCUT2D eigenvalue weighted by molar-refractivity contribution is 7.88. The molecule has 7 nitrogen and oxygen atoms in total. The van der Waals surface area contributed by atoms with Gasteiger partial charge in [-0.15, -0.1) is 0 Å². The van der Waals surface area contributed by atoms with Gasteiger partial charge in [0.25, 0.3) is 5.56 Å². The molecule has 19 heavy (non-hydrogen) atoms. The van der Waals surface area contributed by atoms with Gasteiger partial charge in [0, 0.05) is 12.6 Å². The van der Waals surface area contributed by atoms with E-state index in [2.05, 4.69) is 9.82 Å². The van der Waals surface area contributed by atoms with Crippen LogP contribution in [0.15, 0.2) is 39.7 Å². The first-order chi connectivity index (χ1) is 8.96. The molecular weight excluding hydrogens is 270 g/mol. The molecule has 2 rings (SSSR count). The third-order valence-electron chi connectivity index (χ3n) is 2.33. The third-order valence-corrected chi connectivity index (χ3v) is 3.06. The average molecular weight is 283 g/mol. The van der Waals surface area contributed by atoms with Gasteiger partial charge in [-0.2, -0.15) is 5.10 Å². The Hall–Kier alpha value is -1.93. The lowest BCUT2D eigenvalue weighted by atomic mass is 10.3. The molecule has 1 N–H and O–H groups in total. The lowest BCUT2D eigenvalue weighted by molar-refractivity contribution is 0.542. The predicted octanol–water partition coefficient (Wildman–Crippen LogP) is 0.0525. The molecule has 0 fully saturated rings. The molecule has 0 radical (unpaired) electrons. The highest BCUT2D eigenvalue weighted by atomic mass is 32.2. The van der Waals surface area contributed by atoms with Gasteiger partial charge in [-0.05, 0) is 18.2 Å². The number of nitrogens with zero attached hydrogens (tertiary/aromatic N) is 2. The van der Waals surface area contributed by atoms with Gasteiger partial charge in [0.15, 0.2) is 5.76 Å². The molecule has 0 unspecified atom stereocenters. The summed E-state index contributed by atoms with van der Waals surface area (Å²) in [6, 6.07) is 6.37. The van der Waals surface area contributed by atoms with E-state index >= 15 is 0 Å². The molecule has 8 heteroatoms. The fraction of sp³-hybridized carbons (Fsp3) is 0.273. The molecule has 0 atom stereocenters. The summed E-state index contributed by atoms with van der Waals surface area (Å²) in [6.45, 7) is 0.258. The van der Waals surface area contributed by atoms with Crippen molar-refractivity contribution < 1.29 is 12.8 Å². The van der Waals surface area contributed by atoms with E-state index in [0.717, 1.165) is 6.26 Å². The zero-order chi connectivity index (χ0) is 13.9. The molecule has 2 aromatic rings. The molecule has 0 bridgehead atoms. The predicted molar refractivity (Wildman–Crippen MR) is 69.0 cm³/mol. The van der Waals surface area contributed by atoms with E-state index in [1.807, 2.05) is 0 Å². The van der Waals surface area contributed by atoms with Gasteiger partial charge in [-0.1, -0.05) is 0 Å². The summed E-state index contributed by atoms with van der Waals surface area (Å²) in [5.41, 5.74) is 0.217. The molecule has 102 valence electrons. The number of rotatable bonds is 5. The van der Waals surface area contributed by atoms with E-state index in [1.54, 1.807) is 18.2 Å². The standard InChI is InChI=1S/C11H13N3O4S/c1-19(16,17)12-6-7-14-11(15)5-4-9(13-14)10-3-2-8-18-10/h2-5,8,12H,6-7H2,1H3. The van der Waals surface area contributed by atoms with E-state index in [9.17, 15) is 13.2 Å². The average Bonchev–Trinajstić information content (AvgIpc) is 2.83. The first-order valence-electron chi connectivity index (χ1n) is 5.52. The van der Waals surface area contributed by atoms with Gasteiger partial charge in [0.1, 0.15) is 5.69 Å². The van der Waals surface area contributed by atoms with Gasteiger partial charge in [-0.25, -0.2) is 17.8 Å². The first-order valence-corrected chi connectivity index (χ1v) is 7.41. The summed E-state index contributed by atoms with van der Waals surface area (Å²) in [6.07, 6.45) is 2.57. The van der Waals surface area contributed by atoms with Gasteiger partial charge in [-0.3, -0.25) is 4.79 Å². The quantitative estimate of drug-likeness (QED) is 0.837. The molecule has 0 aromatic carbocycles. The van der Waals surface area contributed by atoms with Crippen molar-refractivity contribution in [3.05, 3.63) is 40.9 Å². The molecule has 0 saturated carbocycles. The lowest BCUT2D eigenvalue weighted by Gasteiger charge is -2.06. The summed E-state index contributed by atoms with van der Waals surface area (Å²) in [5.74, 6) is 0.546. The molecule has 2 heterocycles. The van der Waals surface area contributed by atoms with Gasteiger partial charge < -0.3 is 4.42 Å². The van der Waals surface area contributed by atoms with Crippen LogP contribution in [0.25, 0.3) is 11.5 Å². The Morgan fingerprint density at radius 2 is 2.16 bits per heavy atom. The zero-order valence-electron chi connectivity index (χ0n) is 10.2. The lowest BCUT2D eigenvalue weighted by Crippen LogP contribution is -2.31. The van der Waals surface area contributed by atoms with Crippen LogP contribution in [0.5, 0.6) is 0 Å². The smallest absolute Gasteiger partial charge is 0.266 e. The number of hydrogen-bond donors (Lipinski definition) is 1. The van der Waals surface area contributed by atoms with Crippen LogP contribution in [-0.4, -0.2) is 31.0 Å². The van der Waals surface area contributed by atoms with E-state index in [4.69, 9.17) is 4.42 Å². The van der Waals surface area contributed by atoms with Crippen LogP contribution in [0.1, 0.15) is 0 Å². The van der Waals surface area contributed by atoms with Crippen LogP contribution in [0, 0.1) is 0 Å². The van der Waals surface area contributed by atoms with Crippen LogP contribution in [0.4, 0.5) is 0 Å². The summed E-state index contributed by atoms with van der Waals surface area (Å²) in [7, 11) is -3.27. The van der Waals surface area contributed by atoms with Crippen LogP contribution in [-0.2, 0) is 16.6 Å². The number of hydrogen-bond acceptors (Lipinski definition) is 5. The number of nitrogens with one attached hydrogen (secondary N) is 1. The highest BCUT2D eigenvalue weighted by Crippen LogP contribution is 2.14. The first kappa shape index (κ1) is 13.5. The Bertz CT molecular complexity index is 704. The van der Waals surface area contributed by atoms with Crippen LogP contribution >= 0.6 is 0 Å². The van der Waals surface area contributed by atoms with Gasteiger partial charge in [0.05, 0.1) is 19.1 Å². The van der Waals surface area contributed by atoms with Crippen molar-refractivity contribution in [1.29, 1.82) is 0 Å². The normalized spacial score (nSPS) is 11.6. The Morgan fingerprint density at radius 3 is 2.79 bits per heavy atom. The van der Waals surface area contributed by atoms with Crippen molar-refractivity contribution >= 4 is 10.0 Å². The molecule has 0 amide bonds. The summed E-state index contributed by atoms with van der Waals surface area (Å²) < 4.78 is 30.5. The molecule has 0 saturated heterocycles. The van der Waals surface area contributed by atoms with Crippen molar-refractivity contribution in [3.63, 3.8) is 0 Å².